The summed E-state index contributed by atoms with van der Waals surface area (Å²) in [6.07, 6.45) is 6.83. The second-order valence-electron chi connectivity index (χ2n) is 7.98. The first-order valence-corrected chi connectivity index (χ1v) is 10.5. The molecule has 0 amide bonds. The van der Waals surface area contributed by atoms with Gasteiger partial charge in [-0.3, -0.25) is 15.1 Å². The Balaban J connectivity index is 1.49. The summed E-state index contributed by atoms with van der Waals surface area (Å²) in [6.45, 7) is 0. The van der Waals surface area contributed by atoms with Gasteiger partial charge in [0.05, 0.1) is 36.2 Å². The van der Waals surface area contributed by atoms with Crippen LogP contribution in [0.3, 0.4) is 0 Å². The number of rotatable bonds is 4. The van der Waals surface area contributed by atoms with Crippen LogP contribution in [-0.2, 0) is 0 Å². The van der Waals surface area contributed by atoms with Crippen molar-refractivity contribution in [2.24, 2.45) is 0 Å². The lowest BCUT2D eigenvalue weighted by Gasteiger charge is -2.04. The molecule has 7 nitrogen and oxygen atoms in total. The minimum Gasteiger partial charge on any atom is -0.508 e. The minimum absolute atomic E-state index is 0.138. The van der Waals surface area contributed by atoms with E-state index < -0.39 is 5.82 Å². The van der Waals surface area contributed by atoms with E-state index in [1.807, 2.05) is 24.3 Å². The van der Waals surface area contributed by atoms with Crippen molar-refractivity contribution < 1.29 is 14.2 Å². The Kier molecular flexibility index (Phi) is 4.51. The smallest absolute Gasteiger partial charge is 0.137 e. The Morgan fingerprint density at radius 3 is 2.56 bits per heavy atom. The maximum atomic E-state index is 13.9. The largest absolute Gasteiger partial charge is 0.508 e. The van der Waals surface area contributed by atoms with Crippen molar-refractivity contribution >= 4 is 21.8 Å². The fraction of sp³-hybridized carbons (Fsp3) is 0.0385. The van der Waals surface area contributed by atoms with Crippen LogP contribution >= 0.6 is 0 Å². The number of hydrogen-bond donors (Lipinski definition) is 3. The number of methoxy groups -OCH3 is 1. The van der Waals surface area contributed by atoms with Crippen molar-refractivity contribution in [2.45, 2.75) is 0 Å². The molecule has 0 unspecified atom stereocenters. The maximum absolute atomic E-state index is 13.9. The number of halogens is 1. The van der Waals surface area contributed by atoms with Crippen molar-refractivity contribution in [1.29, 1.82) is 0 Å². The predicted molar refractivity (Wildman–Crippen MR) is 128 cm³/mol. The summed E-state index contributed by atoms with van der Waals surface area (Å²) >= 11 is 0. The van der Waals surface area contributed by atoms with Crippen molar-refractivity contribution in [2.75, 3.05) is 7.11 Å². The van der Waals surface area contributed by atoms with Gasteiger partial charge in [0.2, 0.25) is 0 Å². The summed E-state index contributed by atoms with van der Waals surface area (Å²) in [5.41, 5.74) is 6.37. The quantitative estimate of drug-likeness (QED) is 0.320. The van der Waals surface area contributed by atoms with Gasteiger partial charge >= 0.3 is 0 Å². The monoisotopic (exact) mass is 451 g/mol. The summed E-state index contributed by atoms with van der Waals surface area (Å²) in [6, 6.07) is 13.9. The lowest BCUT2D eigenvalue weighted by atomic mass is 10.0. The van der Waals surface area contributed by atoms with Gasteiger partial charge in [-0.05, 0) is 47.5 Å². The summed E-state index contributed by atoms with van der Waals surface area (Å²) in [7, 11) is 1.61. The first-order valence-electron chi connectivity index (χ1n) is 10.5. The molecular weight excluding hydrogens is 433 g/mol. The molecule has 3 N–H and O–H groups in total. The van der Waals surface area contributed by atoms with E-state index in [1.54, 1.807) is 31.9 Å². The molecule has 166 valence electrons. The molecule has 0 aliphatic rings. The normalized spacial score (nSPS) is 11.4. The van der Waals surface area contributed by atoms with E-state index in [1.165, 1.54) is 12.1 Å². The molecule has 8 heteroatoms. The van der Waals surface area contributed by atoms with Crippen molar-refractivity contribution in [3.63, 3.8) is 0 Å². The molecule has 6 rings (SSSR count). The van der Waals surface area contributed by atoms with Crippen LogP contribution in [0.15, 0.2) is 73.3 Å². The second-order valence-corrected chi connectivity index (χ2v) is 7.98. The number of fused-ring (bicyclic) bond motifs is 2. The van der Waals surface area contributed by atoms with Gasteiger partial charge in [-0.15, -0.1) is 0 Å². The number of H-pyrrole nitrogens is 2. The molecule has 0 saturated heterocycles. The van der Waals surface area contributed by atoms with E-state index in [9.17, 15) is 9.50 Å². The van der Waals surface area contributed by atoms with E-state index in [0.29, 0.717) is 16.9 Å². The Labute approximate surface area is 192 Å². The summed E-state index contributed by atoms with van der Waals surface area (Å²) in [4.78, 5) is 11.9. The molecule has 0 saturated carbocycles. The van der Waals surface area contributed by atoms with E-state index >= 15 is 0 Å². The lowest BCUT2D eigenvalue weighted by Crippen LogP contribution is -1.86. The third-order valence-corrected chi connectivity index (χ3v) is 5.84. The highest BCUT2D eigenvalue weighted by molar-refractivity contribution is 6.01. The summed E-state index contributed by atoms with van der Waals surface area (Å²) in [5.74, 6) is 0.0327. The van der Waals surface area contributed by atoms with Gasteiger partial charge in [-0.2, -0.15) is 5.10 Å². The fourth-order valence-corrected chi connectivity index (χ4v) is 4.23. The van der Waals surface area contributed by atoms with Gasteiger partial charge in [-0.1, -0.05) is 6.07 Å². The van der Waals surface area contributed by atoms with Gasteiger partial charge in [0.15, 0.2) is 0 Å². The standard InChI is InChI=1S/C26H18FN5O2/c1-34-19-6-16(10-28-11-19)14-2-3-23-21(7-14)26(32-31-23)24-9-20-22(12-29-13-25(20)30-24)15-4-17(27)8-18(33)5-15/h2-13,30,33H,1H3,(H,31,32). The number of phenolic OH excluding ortho intramolecular Hbond substituents is 1. The van der Waals surface area contributed by atoms with Crippen LogP contribution in [0.1, 0.15) is 0 Å². The number of nitrogens with one attached hydrogen (secondary N) is 2. The van der Waals surface area contributed by atoms with Gasteiger partial charge < -0.3 is 14.8 Å². The van der Waals surface area contributed by atoms with Gasteiger partial charge in [0, 0.05) is 40.4 Å². The van der Waals surface area contributed by atoms with Crippen molar-refractivity contribution in [1.82, 2.24) is 25.1 Å². The number of aromatic hydroxyl groups is 1. The highest BCUT2D eigenvalue weighted by atomic mass is 19.1. The van der Waals surface area contributed by atoms with Crippen molar-refractivity contribution in [3.8, 4) is 45.1 Å². The Hall–Kier alpha value is -4.72. The van der Waals surface area contributed by atoms with Crippen LogP contribution in [0.2, 0.25) is 0 Å². The molecule has 4 heterocycles. The molecule has 4 aromatic heterocycles. The van der Waals surface area contributed by atoms with Gasteiger partial charge in [0.25, 0.3) is 0 Å². The predicted octanol–water partition coefficient (Wildman–Crippen LogP) is 5.69. The van der Waals surface area contributed by atoms with Crippen LogP contribution in [-0.4, -0.2) is 37.4 Å². The molecule has 0 bridgehead atoms. The maximum Gasteiger partial charge on any atom is 0.137 e. The number of nitrogens with zero attached hydrogens (tertiary/aromatic N) is 3. The SMILES string of the molecule is COc1cncc(-c2ccc3[nH]nc(-c4cc5c(-c6cc(O)cc(F)c6)cncc5[nH]4)c3c2)c1. The molecule has 34 heavy (non-hydrogen) atoms. The number of hydrogen-bond acceptors (Lipinski definition) is 5. The molecule has 6 aromatic rings. The molecule has 0 atom stereocenters. The third-order valence-electron chi connectivity index (χ3n) is 5.84. The zero-order valence-corrected chi connectivity index (χ0v) is 18.0. The first-order chi connectivity index (χ1) is 16.6. The zero-order chi connectivity index (χ0) is 23.2. The topological polar surface area (TPSA) is 99.7 Å². The molecule has 0 spiro atoms. The Bertz CT molecular complexity index is 1670. The van der Waals surface area contributed by atoms with E-state index in [4.69, 9.17) is 4.74 Å². The fourth-order valence-electron chi connectivity index (χ4n) is 4.23. The van der Waals surface area contributed by atoms with Crippen LogP contribution in [0.5, 0.6) is 11.5 Å². The second kappa shape index (κ2) is 7.70. The first kappa shape index (κ1) is 19.9. The van der Waals surface area contributed by atoms with Crippen LogP contribution in [0.4, 0.5) is 4.39 Å². The molecule has 0 aliphatic heterocycles. The Morgan fingerprint density at radius 2 is 1.71 bits per heavy atom. The van der Waals surface area contributed by atoms with E-state index in [-0.39, 0.29) is 5.75 Å². The van der Waals surface area contributed by atoms with Gasteiger partial charge in [0.1, 0.15) is 23.0 Å². The van der Waals surface area contributed by atoms with E-state index in [0.717, 1.165) is 50.4 Å². The highest BCUT2D eigenvalue weighted by Gasteiger charge is 2.15. The number of ether oxygens (including phenoxy) is 1. The number of phenols is 1. The molecule has 0 aliphatic carbocycles. The number of aromatic nitrogens is 5. The van der Waals surface area contributed by atoms with Crippen LogP contribution in [0.25, 0.3) is 55.4 Å². The van der Waals surface area contributed by atoms with Crippen molar-refractivity contribution in [3.05, 3.63) is 79.1 Å². The zero-order valence-electron chi connectivity index (χ0n) is 18.0. The molecule has 0 fully saturated rings. The average Bonchev–Trinajstić information content (AvgIpc) is 3.46. The molecule has 2 aromatic carbocycles. The lowest BCUT2D eigenvalue weighted by molar-refractivity contribution is 0.413. The minimum atomic E-state index is -0.513. The number of benzene rings is 2. The van der Waals surface area contributed by atoms with Crippen LogP contribution < -0.4 is 4.74 Å². The number of aromatic amines is 2. The summed E-state index contributed by atoms with van der Waals surface area (Å²) in [5, 5.41) is 19.3. The summed E-state index contributed by atoms with van der Waals surface area (Å²) < 4.78 is 19.2. The molecule has 0 radical (unpaired) electrons. The van der Waals surface area contributed by atoms with Gasteiger partial charge in [-0.25, -0.2) is 4.39 Å². The average molecular weight is 451 g/mol. The Morgan fingerprint density at radius 1 is 0.824 bits per heavy atom. The number of pyridine rings is 2. The van der Waals surface area contributed by atoms with Crippen LogP contribution in [0, 0.1) is 5.82 Å². The van der Waals surface area contributed by atoms with E-state index in [2.05, 4.69) is 31.2 Å². The highest BCUT2D eigenvalue weighted by Crippen LogP contribution is 2.36. The molecular formula is C26H18FN5O2. The third kappa shape index (κ3) is 3.32.